The van der Waals surface area contributed by atoms with E-state index in [0.29, 0.717) is 5.82 Å². The average molecular weight is 189 g/mol. The number of hydrogen-bond acceptors (Lipinski definition) is 7. The number of anilines is 2. The highest BCUT2D eigenvalue weighted by atomic mass is 15.2. The van der Waals surface area contributed by atoms with Crippen molar-refractivity contribution in [3.63, 3.8) is 0 Å². The molecule has 0 saturated carbocycles. The number of nitrogens with zero attached hydrogens (tertiary/aromatic N) is 5. The Bertz CT molecular complexity index is 421. The maximum absolute atomic E-state index is 5.40. The molecule has 0 aliphatic rings. The van der Waals surface area contributed by atoms with E-state index in [4.69, 9.17) is 11.5 Å². The normalized spacial score (nSPS) is 10.0. The summed E-state index contributed by atoms with van der Waals surface area (Å²) in [5, 5.41) is 0. The van der Waals surface area contributed by atoms with E-state index in [0.717, 1.165) is 0 Å². The summed E-state index contributed by atoms with van der Waals surface area (Å²) in [4.78, 5) is 19.3. The minimum Gasteiger partial charge on any atom is -0.368 e. The van der Waals surface area contributed by atoms with Gasteiger partial charge in [0.25, 0.3) is 0 Å². The Hall–Kier alpha value is -2.31. The molecule has 0 atom stereocenters. The van der Waals surface area contributed by atoms with Crippen LogP contribution in [0.5, 0.6) is 0 Å². The first-order valence-electron chi connectivity index (χ1n) is 3.80. The quantitative estimate of drug-likeness (QED) is 0.620. The second kappa shape index (κ2) is 3.21. The molecule has 2 rings (SSSR count). The average Bonchev–Trinajstić information content (AvgIpc) is 2.18. The van der Waals surface area contributed by atoms with Crippen molar-refractivity contribution in [1.82, 2.24) is 24.9 Å². The molecule has 4 N–H and O–H groups in total. The molecule has 0 aliphatic heterocycles. The van der Waals surface area contributed by atoms with Crippen LogP contribution in [-0.4, -0.2) is 24.9 Å². The summed E-state index contributed by atoms with van der Waals surface area (Å²) in [6, 6.07) is 1.69. The second-order valence-corrected chi connectivity index (χ2v) is 2.45. The highest BCUT2D eigenvalue weighted by molar-refractivity contribution is 5.46. The third-order valence-corrected chi connectivity index (χ3v) is 1.44. The van der Waals surface area contributed by atoms with Crippen LogP contribution in [-0.2, 0) is 0 Å². The number of nitrogens with two attached hydrogens (primary N) is 2. The molecule has 0 bridgehead atoms. The molecule has 70 valence electrons. The predicted molar refractivity (Wildman–Crippen MR) is 49.7 cm³/mol. The number of nitrogen functional groups attached to an aromatic ring is 2. The van der Waals surface area contributed by atoms with Crippen molar-refractivity contribution < 1.29 is 0 Å². The lowest BCUT2D eigenvalue weighted by Gasteiger charge is -1.99. The fourth-order valence-electron chi connectivity index (χ4n) is 0.924. The molecular formula is C7H7N7. The minimum atomic E-state index is 0.0555. The van der Waals surface area contributed by atoms with Crippen LogP contribution in [0.25, 0.3) is 11.6 Å². The molecule has 2 aromatic rings. The maximum atomic E-state index is 5.40. The van der Waals surface area contributed by atoms with E-state index in [1.54, 1.807) is 18.5 Å². The van der Waals surface area contributed by atoms with Crippen LogP contribution in [0, 0.1) is 0 Å². The molecule has 0 aliphatic carbocycles. The van der Waals surface area contributed by atoms with Gasteiger partial charge in [0.05, 0.1) is 0 Å². The van der Waals surface area contributed by atoms with Crippen molar-refractivity contribution in [3.05, 3.63) is 18.5 Å². The fourth-order valence-corrected chi connectivity index (χ4v) is 0.924. The molecular weight excluding hydrogens is 182 g/mol. The van der Waals surface area contributed by atoms with Crippen molar-refractivity contribution >= 4 is 11.9 Å². The van der Waals surface area contributed by atoms with Gasteiger partial charge >= 0.3 is 0 Å². The summed E-state index contributed by atoms with van der Waals surface area (Å²) in [7, 11) is 0. The molecule has 0 aromatic carbocycles. The van der Waals surface area contributed by atoms with Crippen LogP contribution in [0.15, 0.2) is 18.5 Å². The molecule has 14 heavy (non-hydrogen) atoms. The largest absolute Gasteiger partial charge is 0.368 e. The molecule has 7 nitrogen and oxygen atoms in total. The summed E-state index contributed by atoms with van der Waals surface area (Å²) in [6.07, 6.45) is 3.16. The van der Waals surface area contributed by atoms with Crippen molar-refractivity contribution in [3.8, 4) is 11.6 Å². The number of aromatic nitrogens is 5. The zero-order valence-corrected chi connectivity index (χ0v) is 7.12. The standard InChI is InChI=1S/C7H7N7/c8-6-12-5(13-7(9)14-6)4-10-2-1-3-11-4/h1-3H,(H4,8,9,12,13,14). The summed E-state index contributed by atoms with van der Waals surface area (Å²) < 4.78 is 0. The van der Waals surface area contributed by atoms with Gasteiger partial charge in [0, 0.05) is 12.4 Å². The van der Waals surface area contributed by atoms with Gasteiger partial charge in [-0.1, -0.05) is 0 Å². The van der Waals surface area contributed by atoms with Crippen molar-refractivity contribution in [2.45, 2.75) is 0 Å². The SMILES string of the molecule is Nc1nc(N)nc(-c2ncccn2)n1. The Balaban J connectivity index is 2.52. The molecule has 2 aromatic heterocycles. The summed E-state index contributed by atoms with van der Waals surface area (Å²) in [5.41, 5.74) is 10.8. The molecule has 0 unspecified atom stereocenters. The summed E-state index contributed by atoms with van der Waals surface area (Å²) in [6.45, 7) is 0. The van der Waals surface area contributed by atoms with Crippen LogP contribution < -0.4 is 11.5 Å². The maximum Gasteiger partial charge on any atom is 0.225 e. The minimum absolute atomic E-state index is 0.0555. The number of hydrogen-bond donors (Lipinski definition) is 2. The first kappa shape index (κ1) is 8.30. The van der Waals surface area contributed by atoms with E-state index in [-0.39, 0.29) is 17.7 Å². The smallest absolute Gasteiger partial charge is 0.225 e. The Morgan fingerprint density at radius 1 is 0.786 bits per heavy atom. The molecule has 7 heteroatoms. The molecule has 0 radical (unpaired) electrons. The highest BCUT2D eigenvalue weighted by Crippen LogP contribution is 2.09. The molecule has 0 fully saturated rings. The van der Waals surface area contributed by atoms with Gasteiger partial charge < -0.3 is 11.5 Å². The third-order valence-electron chi connectivity index (χ3n) is 1.44. The topological polar surface area (TPSA) is 116 Å². The third kappa shape index (κ3) is 1.56. The van der Waals surface area contributed by atoms with Gasteiger partial charge in [-0.05, 0) is 6.07 Å². The molecule has 2 heterocycles. The van der Waals surface area contributed by atoms with Crippen LogP contribution >= 0.6 is 0 Å². The van der Waals surface area contributed by atoms with E-state index >= 15 is 0 Å². The lowest BCUT2D eigenvalue weighted by molar-refractivity contribution is 1.04. The zero-order valence-electron chi connectivity index (χ0n) is 7.12. The van der Waals surface area contributed by atoms with E-state index in [1.807, 2.05) is 0 Å². The van der Waals surface area contributed by atoms with Crippen LogP contribution in [0.4, 0.5) is 11.9 Å². The Labute approximate surface area is 79.3 Å². The molecule has 0 spiro atoms. The van der Waals surface area contributed by atoms with Crippen LogP contribution in [0.1, 0.15) is 0 Å². The monoisotopic (exact) mass is 189 g/mol. The number of rotatable bonds is 1. The fraction of sp³-hybridized carbons (Fsp3) is 0. The van der Waals surface area contributed by atoms with Gasteiger partial charge in [0.2, 0.25) is 17.7 Å². The van der Waals surface area contributed by atoms with E-state index in [1.165, 1.54) is 0 Å². The van der Waals surface area contributed by atoms with Crippen molar-refractivity contribution in [2.24, 2.45) is 0 Å². The second-order valence-electron chi connectivity index (χ2n) is 2.45. The zero-order chi connectivity index (χ0) is 9.97. The first-order chi connectivity index (χ1) is 6.75. The molecule has 0 saturated heterocycles. The van der Waals surface area contributed by atoms with Gasteiger partial charge in [-0.15, -0.1) is 0 Å². The van der Waals surface area contributed by atoms with Gasteiger partial charge in [-0.2, -0.15) is 15.0 Å². The Morgan fingerprint density at radius 2 is 1.36 bits per heavy atom. The van der Waals surface area contributed by atoms with Gasteiger partial charge in [-0.25, -0.2) is 9.97 Å². The van der Waals surface area contributed by atoms with E-state index < -0.39 is 0 Å². The Kier molecular flexibility index (Phi) is 1.90. The lowest BCUT2D eigenvalue weighted by atomic mass is 10.5. The van der Waals surface area contributed by atoms with E-state index in [2.05, 4.69) is 24.9 Å². The van der Waals surface area contributed by atoms with E-state index in [9.17, 15) is 0 Å². The van der Waals surface area contributed by atoms with Crippen LogP contribution in [0.3, 0.4) is 0 Å². The van der Waals surface area contributed by atoms with Gasteiger partial charge in [0.1, 0.15) is 0 Å². The first-order valence-corrected chi connectivity index (χ1v) is 3.80. The van der Waals surface area contributed by atoms with Crippen molar-refractivity contribution in [1.29, 1.82) is 0 Å². The summed E-state index contributed by atoms with van der Waals surface area (Å²) >= 11 is 0. The van der Waals surface area contributed by atoms with Crippen LogP contribution in [0.2, 0.25) is 0 Å². The summed E-state index contributed by atoms with van der Waals surface area (Å²) in [5.74, 6) is 0.754. The van der Waals surface area contributed by atoms with Gasteiger partial charge in [-0.3, -0.25) is 0 Å². The highest BCUT2D eigenvalue weighted by Gasteiger charge is 2.06. The Morgan fingerprint density at radius 3 is 1.93 bits per heavy atom. The lowest BCUT2D eigenvalue weighted by Crippen LogP contribution is -2.05. The molecule has 0 amide bonds. The predicted octanol–water partition coefficient (Wildman–Crippen LogP) is -0.507. The van der Waals surface area contributed by atoms with Crippen molar-refractivity contribution in [2.75, 3.05) is 11.5 Å². The van der Waals surface area contributed by atoms with Gasteiger partial charge in [0.15, 0.2) is 5.82 Å².